The second-order valence-electron chi connectivity index (χ2n) is 5.12. The zero-order valence-corrected chi connectivity index (χ0v) is 17.5. The third-order valence-electron chi connectivity index (χ3n) is 3.31. The molecule has 1 heterocycles. The number of benzene rings is 1. The number of aromatic nitrogens is 1. The Bertz CT molecular complexity index is 661. The number of hydrogen-bond acceptors (Lipinski definition) is 2. The first-order valence-electron chi connectivity index (χ1n) is 7.18. The molecule has 0 aliphatic rings. The predicted molar refractivity (Wildman–Crippen MR) is 110 cm³/mol. The van der Waals surface area contributed by atoms with Crippen LogP contribution in [0.5, 0.6) is 0 Å². The number of hydrogen-bond donors (Lipinski definition) is 1. The summed E-state index contributed by atoms with van der Waals surface area (Å²) in [7, 11) is 3.82. The number of nitrogens with one attached hydrogen (secondary N) is 1. The first kappa shape index (κ1) is 19.9. The van der Waals surface area contributed by atoms with Crippen molar-refractivity contribution in [2.45, 2.75) is 20.0 Å². The van der Waals surface area contributed by atoms with Crippen molar-refractivity contribution in [1.82, 2.24) is 15.2 Å². The molecule has 2 aromatic rings. The maximum Gasteiger partial charge on any atom is 0.194 e. The maximum atomic E-state index is 4.49. The summed E-state index contributed by atoms with van der Waals surface area (Å²) in [6.07, 6.45) is 0. The van der Waals surface area contributed by atoms with E-state index in [4.69, 9.17) is 0 Å². The van der Waals surface area contributed by atoms with Crippen LogP contribution in [0.1, 0.15) is 17.0 Å². The van der Waals surface area contributed by atoms with E-state index in [1.165, 1.54) is 5.56 Å². The van der Waals surface area contributed by atoms with Crippen LogP contribution in [0.25, 0.3) is 0 Å². The molecule has 0 radical (unpaired) electrons. The quantitative estimate of drug-likeness (QED) is 0.402. The topological polar surface area (TPSA) is 40.5 Å². The Morgan fingerprint density at radius 1 is 1.22 bits per heavy atom. The van der Waals surface area contributed by atoms with Crippen molar-refractivity contribution in [2.75, 3.05) is 14.1 Å². The lowest BCUT2D eigenvalue weighted by Gasteiger charge is -2.22. The standard InChI is InChI=1S/C17H21BrN4.HI/c1-13-7-6-9-15(21-13)11-20-17(19-2)22(3)12-14-8-4-5-10-16(14)18;/h4-10H,11-12H2,1-3H3,(H,19,20);1H. The normalized spacial score (nSPS) is 10.9. The van der Waals surface area contributed by atoms with Gasteiger partial charge in [0.1, 0.15) is 0 Å². The largest absolute Gasteiger partial charge is 0.351 e. The van der Waals surface area contributed by atoms with Crippen LogP contribution in [0.3, 0.4) is 0 Å². The van der Waals surface area contributed by atoms with Gasteiger partial charge in [0.2, 0.25) is 0 Å². The molecule has 1 aromatic carbocycles. The maximum absolute atomic E-state index is 4.49. The Morgan fingerprint density at radius 2 is 1.96 bits per heavy atom. The highest BCUT2D eigenvalue weighted by molar-refractivity contribution is 14.0. The molecule has 4 nitrogen and oxygen atoms in total. The number of aliphatic imine (C=N–C) groups is 1. The fraction of sp³-hybridized carbons (Fsp3) is 0.294. The molecule has 0 atom stereocenters. The Balaban J connectivity index is 0.00000264. The van der Waals surface area contributed by atoms with Gasteiger partial charge < -0.3 is 10.2 Å². The minimum absolute atomic E-state index is 0. The van der Waals surface area contributed by atoms with Crippen LogP contribution in [0.4, 0.5) is 0 Å². The first-order chi connectivity index (χ1) is 10.6. The number of nitrogens with zero attached hydrogens (tertiary/aromatic N) is 3. The third kappa shape index (κ3) is 6.10. The molecule has 23 heavy (non-hydrogen) atoms. The van der Waals surface area contributed by atoms with E-state index >= 15 is 0 Å². The number of guanidine groups is 1. The molecule has 124 valence electrons. The van der Waals surface area contributed by atoms with Gasteiger partial charge in [0.15, 0.2) is 5.96 Å². The van der Waals surface area contributed by atoms with Crippen molar-refractivity contribution < 1.29 is 0 Å². The Hall–Kier alpha value is -1.15. The molecule has 6 heteroatoms. The smallest absolute Gasteiger partial charge is 0.194 e. The number of halogens is 2. The molecule has 0 spiro atoms. The molecule has 0 amide bonds. The zero-order valence-electron chi connectivity index (χ0n) is 13.6. The number of pyridine rings is 1. The van der Waals surface area contributed by atoms with Gasteiger partial charge in [0.25, 0.3) is 0 Å². The highest BCUT2D eigenvalue weighted by Crippen LogP contribution is 2.17. The van der Waals surface area contributed by atoms with Crippen LogP contribution >= 0.6 is 39.9 Å². The molecule has 1 N–H and O–H groups in total. The second kappa shape index (κ2) is 9.87. The highest BCUT2D eigenvalue weighted by atomic mass is 127. The van der Waals surface area contributed by atoms with Crippen LogP contribution in [0, 0.1) is 6.92 Å². The van der Waals surface area contributed by atoms with Crippen molar-refractivity contribution in [3.8, 4) is 0 Å². The summed E-state index contributed by atoms with van der Waals surface area (Å²) < 4.78 is 1.11. The van der Waals surface area contributed by atoms with E-state index in [0.717, 1.165) is 28.4 Å². The van der Waals surface area contributed by atoms with Gasteiger partial charge in [-0.25, -0.2) is 0 Å². The summed E-state index contributed by atoms with van der Waals surface area (Å²) >= 11 is 3.58. The summed E-state index contributed by atoms with van der Waals surface area (Å²) in [5, 5.41) is 3.35. The van der Waals surface area contributed by atoms with Gasteiger partial charge >= 0.3 is 0 Å². The predicted octanol–water partition coefficient (Wildman–Crippen LogP) is 3.98. The Labute approximate surface area is 163 Å². The van der Waals surface area contributed by atoms with E-state index < -0.39 is 0 Å². The molecule has 0 saturated heterocycles. The Kier molecular flexibility index (Phi) is 8.54. The van der Waals surface area contributed by atoms with E-state index in [-0.39, 0.29) is 24.0 Å². The minimum atomic E-state index is 0. The lowest BCUT2D eigenvalue weighted by Crippen LogP contribution is -2.38. The monoisotopic (exact) mass is 488 g/mol. The van der Waals surface area contributed by atoms with Gasteiger partial charge in [-0.2, -0.15) is 0 Å². The third-order valence-corrected chi connectivity index (χ3v) is 4.09. The average molecular weight is 489 g/mol. The Morgan fingerprint density at radius 3 is 2.61 bits per heavy atom. The zero-order chi connectivity index (χ0) is 15.9. The molecule has 0 aliphatic carbocycles. The van der Waals surface area contributed by atoms with Crippen molar-refractivity contribution >= 4 is 45.9 Å². The van der Waals surface area contributed by atoms with Crippen molar-refractivity contribution in [3.63, 3.8) is 0 Å². The average Bonchev–Trinajstić information content (AvgIpc) is 2.50. The summed E-state index contributed by atoms with van der Waals surface area (Å²) in [6, 6.07) is 14.3. The van der Waals surface area contributed by atoms with E-state index in [0.29, 0.717) is 6.54 Å². The van der Waals surface area contributed by atoms with Crippen molar-refractivity contribution in [3.05, 3.63) is 63.9 Å². The SMILES string of the molecule is CN=C(NCc1cccc(C)n1)N(C)Cc1ccccc1Br.I. The highest BCUT2D eigenvalue weighted by Gasteiger charge is 2.08. The fourth-order valence-electron chi connectivity index (χ4n) is 2.21. The molecule has 1 aromatic heterocycles. The van der Waals surface area contributed by atoms with Gasteiger partial charge in [0.05, 0.1) is 12.2 Å². The lowest BCUT2D eigenvalue weighted by molar-refractivity contribution is 0.475. The molecule has 0 bridgehead atoms. The van der Waals surface area contributed by atoms with E-state index in [1.807, 2.05) is 44.3 Å². The summed E-state index contributed by atoms with van der Waals surface area (Å²) in [6.45, 7) is 3.44. The lowest BCUT2D eigenvalue weighted by atomic mass is 10.2. The van der Waals surface area contributed by atoms with E-state index in [9.17, 15) is 0 Å². The molecule has 2 rings (SSSR count). The van der Waals surface area contributed by atoms with Gasteiger partial charge in [0, 0.05) is 30.8 Å². The summed E-state index contributed by atoms with van der Waals surface area (Å²) in [4.78, 5) is 10.9. The summed E-state index contributed by atoms with van der Waals surface area (Å²) in [5.74, 6) is 0.846. The first-order valence-corrected chi connectivity index (χ1v) is 7.97. The molecule has 0 saturated carbocycles. The number of aryl methyl sites for hydroxylation is 1. The van der Waals surface area contributed by atoms with Crippen LogP contribution in [-0.2, 0) is 13.1 Å². The molecule has 0 unspecified atom stereocenters. The van der Waals surface area contributed by atoms with Crippen LogP contribution < -0.4 is 5.32 Å². The van der Waals surface area contributed by atoms with Crippen molar-refractivity contribution in [1.29, 1.82) is 0 Å². The van der Waals surface area contributed by atoms with Crippen LogP contribution in [0.2, 0.25) is 0 Å². The van der Waals surface area contributed by atoms with E-state index in [2.05, 4.69) is 48.3 Å². The molecule has 0 aliphatic heterocycles. The van der Waals surface area contributed by atoms with Crippen LogP contribution in [0.15, 0.2) is 51.9 Å². The van der Waals surface area contributed by atoms with E-state index in [1.54, 1.807) is 7.05 Å². The second-order valence-corrected chi connectivity index (χ2v) is 5.97. The minimum Gasteiger partial charge on any atom is -0.351 e. The summed E-state index contributed by atoms with van der Waals surface area (Å²) in [5.41, 5.74) is 3.26. The van der Waals surface area contributed by atoms with Gasteiger partial charge in [-0.3, -0.25) is 9.98 Å². The molecule has 0 fully saturated rings. The van der Waals surface area contributed by atoms with Gasteiger partial charge in [-0.05, 0) is 30.7 Å². The van der Waals surface area contributed by atoms with Gasteiger partial charge in [-0.15, -0.1) is 24.0 Å². The number of rotatable bonds is 4. The van der Waals surface area contributed by atoms with Crippen LogP contribution in [-0.4, -0.2) is 29.9 Å². The van der Waals surface area contributed by atoms with Gasteiger partial charge in [-0.1, -0.05) is 40.2 Å². The van der Waals surface area contributed by atoms with Crippen molar-refractivity contribution in [2.24, 2.45) is 4.99 Å². The molecular weight excluding hydrogens is 467 g/mol. The molecular formula is C17H22BrIN4. The fourth-order valence-corrected chi connectivity index (χ4v) is 2.62.